The Morgan fingerprint density at radius 3 is 2.67 bits per heavy atom. The maximum atomic E-state index is 12.2. The lowest BCUT2D eigenvalue weighted by Gasteiger charge is -2.11. The van der Waals surface area contributed by atoms with Gasteiger partial charge in [0, 0.05) is 17.6 Å². The fraction of sp³-hybridized carbons (Fsp3) is 0.118. The molecule has 0 aliphatic heterocycles. The number of rotatable bonds is 5. The van der Waals surface area contributed by atoms with Crippen molar-refractivity contribution < 1.29 is 9.53 Å². The van der Waals surface area contributed by atoms with Crippen LogP contribution in [0.3, 0.4) is 0 Å². The van der Waals surface area contributed by atoms with Gasteiger partial charge in [-0.3, -0.25) is 4.79 Å². The van der Waals surface area contributed by atoms with Gasteiger partial charge in [0.05, 0.1) is 5.69 Å². The highest BCUT2D eigenvalue weighted by atomic mass is 35.5. The van der Waals surface area contributed by atoms with Crippen LogP contribution in [0.15, 0.2) is 54.9 Å². The van der Waals surface area contributed by atoms with Gasteiger partial charge in [0.1, 0.15) is 12.1 Å². The number of halogens is 1. The molecule has 2 aromatic carbocycles. The van der Waals surface area contributed by atoms with E-state index < -0.39 is 0 Å². The van der Waals surface area contributed by atoms with Crippen molar-refractivity contribution in [3.05, 3.63) is 59.9 Å². The van der Waals surface area contributed by atoms with Gasteiger partial charge in [-0.25, -0.2) is 0 Å². The molecular weight excluding hydrogens is 328 g/mol. The first-order valence-corrected chi connectivity index (χ1v) is 7.63. The third-order valence-corrected chi connectivity index (χ3v) is 3.59. The van der Waals surface area contributed by atoms with Gasteiger partial charge in [-0.1, -0.05) is 23.7 Å². The van der Waals surface area contributed by atoms with E-state index in [1.807, 2.05) is 31.3 Å². The molecule has 1 heterocycles. The molecule has 0 saturated heterocycles. The van der Waals surface area contributed by atoms with Gasteiger partial charge >= 0.3 is 0 Å². The van der Waals surface area contributed by atoms with Gasteiger partial charge in [0.2, 0.25) is 0 Å². The number of amides is 1. The average Bonchev–Trinajstić information content (AvgIpc) is 3.01. The minimum atomic E-state index is -0.264. The van der Waals surface area contributed by atoms with E-state index in [0.29, 0.717) is 22.3 Å². The number of carbonyl (C=O) groups excluding carboxylic acids is 1. The summed E-state index contributed by atoms with van der Waals surface area (Å²) in [6, 6.07) is 14.2. The fourth-order valence-corrected chi connectivity index (χ4v) is 2.31. The maximum Gasteiger partial charge on any atom is 0.262 e. The van der Waals surface area contributed by atoms with E-state index in [0.717, 1.165) is 5.56 Å². The molecule has 1 amide bonds. The monoisotopic (exact) mass is 342 g/mol. The molecule has 6 nitrogen and oxygen atoms in total. The first kappa shape index (κ1) is 16.0. The molecule has 24 heavy (non-hydrogen) atoms. The summed E-state index contributed by atoms with van der Waals surface area (Å²) in [5.41, 5.74) is 1.44. The normalized spacial score (nSPS) is 10.4. The molecule has 0 fully saturated rings. The number of carbonyl (C=O) groups is 1. The van der Waals surface area contributed by atoms with Crippen molar-refractivity contribution in [3.8, 4) is 17.1 Å². The summed E-state index contributed by atoms with van der Waals surface area (Å²) >= 11 is 5.81. The fourth-order valence-electron chi connectivity index (χ4n) is 2.18. The van der Waals surface area contributed by atoms with Crippen molar-refractivity contribution in [2.45, 2.75) is 0 Å². The second-order valence-electron chi connectivity index (χ2n) is 5.10. The molecule has 0 aliphatic rings. The van der Waals surface area contributed by atoms with Crippen LogP contribution in [0.5, 0.6) is 5.75 Å². The number of benzene rings is 2. The number of anilines is 1. The van der Waals surface area contributed by atoms with Crippen molar-refractivity contribution >= 4 is 23.2 Å². The lowest BCUT2D eigenvalue weighted by molar-refractivity contribution is -0.118. The highest BCUT2D eigenvalue weighted by Crippen LogP contribution is 2.25. The molecule has 0 atom stereocenters. The Bertz CT molecular complexity index is 846. The molecule has 0 saturated carbocycles. The van der Waals surface area contributed by atoms with E-state index in [9.17, 15) is 4.79 Å². The molecule has 3 rings (SSSR count). The second kappa shape index (κ2) is 7.14. The van der Waals surface area contributed by atoms with Crippen LogP contribution in [0, 0.1) is 0 Å². The van der Waals surface area contributed by atoms with Crippen LogP contribution < -0.4 is 10.1 Å². The van der Waals surface area contributed by atoms with Crippen LogP contribution in [0.25, 0.3) is 11.4 Å². The van der Waals surface area contributed by atoms with Crippen LogP contribution in [0.4, 0.5) is 5.69 Å². The standard InChI is InChI=1S/C17H15ClN4O2/c1-22-11-19-21-17(22)14-4-2-3-5-15(14)20-16(23)10-24-13-8-6-12(18)7-9-13/h2-9,11H,10H2,1H3,(H,20,23). The zero-order chi connectivity index (χ0) is 16.9. The predicted molar refractivity (Wildman–Crippen MR) is 92.0 cm³/mol. The number of hydrogen-bond donors (Lipinski definition) is 1. The molecule has 0 bridgehead atoms. The van der Waals surface area contributed by atoms with E-state index in [-0.39, 0.29) is 12.5 Å². The summed E-state index contributed by atoms with van der Waals surface area (Å²) in [5, 5.41) is 11.4. The first-order valence-electron chi connectivity index (χ1n) is 7.25. The number of hydrogen-bond acceptors (Lipinski definition) is 4. The lowest BCUT2D eigenvalue weighted by atomic mass is 10.1. The van der Waals surface area contributed by atoms with Crippen LogP contribution >= 0.6 is 11.6 Å². The molecule has 3 aromatic rings. The molecular formula is C17H15ClN4O2. The highest BCUT2D eigenvalue weighted by Gasteiger charge is 2.12. The summed E-state index contributed by atoms with van der Waals surface area (Å²) < 4.78 is 7.23. The molecule has 0 unspecified atom stereocenters. The molecule has 1 aromatic heterocycles. The van der Waals surface area contributed by atoms with Gasteiger partial charge < -0.3 is 14.6 Å². The van der Waals surface area contributed by atoms with Crippen molar-refractivity contribution in [3.63, 3.8) is 0 Å². The van der Waals surface area contributed by atoms with E-state index in [4.69, 9.17) is 16.3 Å². The van der Waals surface area contributed by atoms with Crippen LogP contribution in [0.2, 0.25) is 5.02 Å². The quantitative estimate of drug-likeness (QED) is 0.773. The Labute approximate surface area is 144 Å². The second-order valence-corrected chi connectivity index (χ2v) is 5.54. The zero-order valence-electron chi connectivity index (χ0n) is 12.9. The van der Waals surface area contributed by atoms with Crippen LogP contribution in [-0.4, -0.2) is 27.3 Å². The predicted octanol–water partition coefficient (Wildman–Crippen LogP) is 3.15. The topological polar surface area (TPSA) is 69.0 Å². The van der Waals surface area contributed by atoms with Crippen LogP contribution in [-0.2, 0) is 11.8 Å². The van der Waals surface area contributed by atoms with E-state index in [1.165, 1.54) is 0 Å². The smallest absolute Gasteiger partial charge is 0.262 e. The van der Waals surface area contributed by atoms with Gasteiger partial charge in [-0.15, -0.1) is 10.2 Å². The van der Waals surface area contributed by atoms with E-state index in [2.05, 4.69) is 15.5 Å². The first-order chi connectivity index (χ1) is 11.6. The molecule has 122 valence electrons. The lowest BCUT2D eigenvalue weighted by Crippen LogP contribution is -2.20. The Hall–Kier alpha value is -2.86. The summed E-state index contributed by atoms with van der Waals surface area (Å²) in [4.78, 5) is 12.2. The van der Waals surface area contributed by atoms with Crippen molar-refractivity contribution in [2.24, 2.45) is 7.05 Å². The number of aryl methyl sites for hydroxylation is 1. The van der Waals surface area contributed by atoms with Gasteiger partial charge in [-0.05, 0) is 36.4 Å². The third-order valence-electron chi connectivity index (χ3n) is 3.34. The Kier molecular flexibility index (Phi) is 4.77. The summed E-state index contributed by atoms with van der Waals surface area (Å²) in [6.07, 6.45) is 1.61. The molecule has 0 spiro atoms. The Balaban J connectivity index is 1.69. The average molecular weight is 343 g/mol. The largest absolute Gasteiger partial charge is 0.484 e. The summed E-state index contributed by atoms with van der Waals surface area (Å²) in [7, 11) is 1.84. The SMILES string of the molecule is Cn1cnnc1-c1ccccc1NC(=O)COc1ccc(Cl)cc1. The van der Waals surface area contributed by atoms with Crippen molar-refractivity contribution in [1.29, 1.82) is 0 Å². The minimum absolute atomic E-state index is 0.102. The zero-order valence-corrected chi connectivity index (χ0v) is 13.7. The summed E-state index contributed by atoms with van der Waals surface area (Å²) in [5.74, 6) is 0.986. The highest BCUT2D eigenvalue weighted by molar-refractivity contribution is 6.30. The third kappa shape index (κ3) is 3.72. The van der Waals surface area contributed by atoms with Gasteiger partial charge in [0.15, 0.2) is 12.4 Å². The van der Waals surface area contributed by atoms with Gasteiger partial charge in [0.25, 0.3) is 5.91 Å². The molecule has 0 radical (unpaired) electrons. The molecule has 1 N–H and O–H groups in total. The number of nitrogens with one attached hydrogen (secondary N) is 1. The van der Waals surface area contributed by atoms with Gasteiger partial charge in [-0.2, -0.15) is 0 Å². The van der Waals surface area contributed by atoms with Crippen molar-refractivity contribution in [2.75, 3.05) is 11.9 Å². The van der Waals surface area contributed by atoms with Crippen LogP contribution in [0.1, 0.15) is 0 Å². The Morgan fingerprint density at radius 1 is 1.21 bits per heavy atom. The maximum absolute atomic E-state index is 12.2. The van der Waals surface area contributed by atoms with E-state index >= 15 is 0 Å². The number of para-hydroxylation sites is 1. The number of aromatic nitrogens is 3. The number of ether oxygens (including phenoxy) is 1. The minimum Gasteiger partial charge on any atom is -0.484 e. The van der Waals surface area contributed by atoms with E-state index in [1.54, 1.807) is 35.2 Å². The Morgan fingerprint density at radius 2 is 1.96 bits per heavy atom. The summed E-state index contributed by atoms with van der Waals surface area (Å²) in [6.45, 7) is -0.102. The molecule has 7 heteroatoms. The van der Waals surface area contributed by atoms with Crippen molar-refractivity contribution in [1.82, 2.24) is 14.8 Å². The molecule has 0 aliphatic carbocycles. The number of nitrogens with zero attached hydrogens (tertiary/aromatic N) is 3.